The monoisotopic (exact) mass is 391 g/mol. The minimum absolute atomic E-state index is 0.0487. The molecule has 2 fully saturated rings. The third-order valence-electron chi connectivity index (χ3n) is 5.79. The molecule has 3 amide bonds. The Morgan fingerprint density at radius 3 is 2.21 bits per heavy atom. The highest BCUT2D eigenvalue weighted by atomic mass is 16.2. The fraction of sp³-hybridized carbons (Fsp3) is 0.348. The van der Waals surface area contributed by atoms with Gasteiger partial charge in [-0.2, -0.15) is 0 Å². The summed E-state index contributed by atoms with van der Waals surface area (Å²) in [4.78, 5) is 41.2. The van der Waals surface area contributed by atoms with Crippen LogP contribution in [0.15, 0.2) is 60.7 Å². The van der Waals surface area contributed by atoms with Crippen LogP contribution in [0, 0.1) is 5.92 Å². The number of benzene rings is 2. The van der Waals surface area contributed by atoms with Crippen LogP contribution in [0.1, 0.15) is 24.8 Å². The number of amides is 3. The van der Waals surface area contributed by atoms with Gasteiger partial charge in [0.2, 0.25) is 11.8 Å². The van der Waals surface area contributed by atoms with E-state index >= 15 is 0 Å². The molecule has 2 heterocycles. The predicted molar refractivity (Wildman–Crippen MR) is 110 cm³/mol. The van der Waals surface area contributed by atoms with Crippen LogP contribution in [-0.4, -0.2) is 41.8 Å². The highest BCUT2D eigenvalue weighted by Crippen LogP contribution is 2.28. The number of carbonyl (C=O) groups excluding carboxylic acids is 3. The number of likely N-dealkylation sites (tertiary alicyclic amines) is 1. The smallest absolute Gasteiger partial charge is 0.251 e. The van der Waals surface area contributed by atoms with Crippen LogP contribution < -0.4 is 10.2 Å². The molecule has 2 aliphatic rings. The second-order valence-corrected chi connectivity index (χ2v) is 7.64. The van der Waals surface area contributed by atoms with Crippen LogP contribution >= 0.6 is 0 Å². The standard InChI is InChI=1S/C23H25N3O3/c27-21-15-20(23(29)26(21)19-9-5-2-6-10-19)25-13-11-18(12-14-25)22(28)24-16-17-7-3-1-4-8-17/h1-10,18,20H,11-16H2,(H,24,28). The summed E-state index contributed by atoms with van der Waals surface area (Å²) in [5.41, 5.74) is 1.70. The molecular formula is C23H25N3O3. The molecular weight excluding hydrogens is 366 g/mol. The van der Waals surface area contributed by atoms with Crippen molar-refractivity contribution in [3.05, 3.63) is 66.2 Å². The molecule has 1 unspecified atom stereocenters. The Morgan fingerprint density at radius 2 is 1.55 bits per heavy atom. The SMILES string of the molecule is O=C(NCc1ccccc1)C1CCN(C2CC(=O)N(c3ccccc3)C2=O)CC1. The number of rotatable bonds is 5. The van der Waals surface area contributed by atoms with E-state index in [1.165, 1.54) is 4.90 Å². The van der Waals surface area contributed by atoms with Gasteiger partial charge in [-0.15, -0.1) is 0 Å². The van der Waals surface area contributed by atoms with Gasteiger partial charge in [-0.25, -0.2) is 4.90 Å². The third-order valence-corrected chi connectivity index (χ3v) is 5.79. The van der Waals surface area contributed by atoms with Crippen molar-refractivity contribution in [1.29, 1.82) is 0 Å². The molecule has 6 heteroatoms. The molecule has 29 heavy (non-hydrogen) atoms. The Hall–Kier alpha value is -2.99. The van der Waals surface area contributed by atoms with Gasteiger partial charge in [-0.3, -0.25) is 19.3 Å². The number of anilines is 1. The lowest BCUT2D eigenvalue weighted by molar-refractivity contribution is -0.127. The van der Waals surface area contributed by atoms with Crippen LogP contribution in [0.2, 0.25) is 0 Å². The van der Waals surface area contributed by atoms with Crippen molar-refractivity contribution in [2.24, 2.45) is 5.92 Å². The number of nitrogens with zero attached hydrogens (tertiary/aromatic N) is 2. The van der Waals surface area contributed by atoms with Gasteiger partial charge >= 0.3 is 0 Å². The first kappa shape index (κ1) is 19.3. The fourth-order valence-electron chi connectivity index (χ4n) is 4.15. The van der Waals surface area contributed by atoms with Crippen molar-refractivity contribution >= 4 is 23.4 Å². The summed E-state index contributed by atoms with van der Waals surface area (Å²) in [6.45, 7) is 1.83. The van der Waals surface area contributed by atoms with E-state index < -0.39 is 6.04 Å². The Bertz CT molecular complexity index is 877. The van der Waals surface area contributed by atoms with Gasteiger partial charge in [0.1, 0.15) is 0 Å². The van der Waals surface area contributed by atoms with Gasteiger partial charge in [0, 0.05) is 12.5 Å². The highest BCUT2D eigenvalue weighted by molar-refractivity contribution is 6.22. The Labute approximate surface area is 170 Å². The number of carbonyl (C=O) groups is 3. The maximum absolute atomic E-state index is 12.9. The number of hydrogen-bond donors (Lipinski definition) is 1. The maximum Gasteiger partial charge on any atom is 0.251 e. The van der Waals surface area contributed by atoms with Crippen molar-refractivity contribution in [3.63, 3.8) is 0 Å². The zero-order chi connectivity index (χ0) is 20.2. The minimum atomic E-state index is -0.420. The van der Waals surface area contributed by atoms with E-state index in [0.29, 0.717) is 38.2 Å². The summed E-state index contributed by atoms with van der Waals surface area (Å²) in [6.07, 6.45) is 1.60. The normalized spacial score (nSPS) is 20.8. The molecule has 1 atom stereocenters. The van der Waals surface area contributed by atoms with Crippen molar-refractivity contribution in [2.45, 2.75) is 31.8 Å². The van der Waals surface area contributed by atoms with Crippen LogP contribution in [-0.2, 0) is 20.9 Å². The summed E-state index contributed by atoms with van der Waals surface area (Å²) >= 11 is 0. The molecule has 2 saturated heterocycles. The summed E-state index contributed by atoms with van der Waals surface area (Å²) in [6, 6.07) is 18.5. The van der Waals surface area contributed by atoms with E-state index in [1.54, 1.807) is 12.1 Å². The number of nitrogens with one attached hydrogen (secondary N) is 1. The van der Waals surface area contributed by atoms with Gasteiger partial charge in [0.25, 0.3) is 5.91 Å². The molecule has 1 N–H and O–H groups in total. The van der Waals surface area contributed by atoms with Gasteiger partial charge in [-0.05, 0) is 43.6 Å². The van der Waals surface area contributed by atoms with E-state index in [-0.39, 0.29) is 30.1 Å². The second kappa shape index (κ2) is 8.57. The van der Waals surface area contributed by atoms with Crippen molar-refractivity contribution in [3.8, 4) is 0 Å². The maximum atomic E-state index is 12.9. The van der Waals surface area contributed by atoms with Crippen LogP contribution in [0.25, 0.3) is 0 Å². The molecule has 6 nitrogen and oxygen atoms in total. The summed E-state index contributed by atoms with van der Waals surface area (Å²) < 4.78 is 0. The molecule has 0 radical (unpaired) electrons. The van der Waals surface area contributed by atoms with E-state index in [4.69, 9.17) is 0 Å². The van der Waals surface area contributed by atoms with Gasteiger partial charge < -0.3 is 5.32 Å². The second-order valence-electron chi connectivity index (χ2n) is 7.64. The first-order valence-corrected chi connectivity index (χ1v) is 10.1. The lowest BCUT2D eigenvalue weighted by Crippen LogP contribution is -2.48. The molecule has 0 spiro atoms. The van der Waals surface area contributed by atoms with E-state index in [1.807, 2.05) is 48.5 Å². The molecule has 0 aliphatic carbocycles. The summed E-state index contributed by atoms with van der Waals surface area (Å²) in [7, 11) is 0. The van der Waals surface area contributed by atoms with E-state index in [9.17, 15) is 14.4 Å². The Balaban J connectivity index is 1.31. The first-order valence-electron chi connectivity index (χ1n) is 10.1. The largest absolute Gasteiger partial charge is 0.352 e. The number of para-hydroxylation sites is 1. The number of imide groups is 1. The van der Waals surface area contributed by atoms with Gasteiger partial charge in [0.05, 0.1) is 18.2 Å². The molecule has 150 valence electrons. The van der Waals surface area contributed by atoms with E-state index in [2.05, 4.69) is 10.2 Å². The van der Waals surface area contributed by atoms with Crippen LogP contribution in [0.4, 0.5) is 5.69 Å². The van der Waals surface area contributed by atoms with Crippen molar-refractivity contribution in [1.82, 2.24) is 10.2 Å². The van der Waals surface area contributed by atoms with Crippen LogP contribution in [0.3, 0.4) is 0 Å². The minimum Gasteiger partial charge on any atom is -0.352 e. The molecule has 0 aromatic heterocycles. The zero-order valence-electron chi connectivity index (χ0n) is 16.3. The lowest BCUT2D eigenvalue weighted by Gasteiger charge is -2.34. The zero-order valence-corrected chi connectivity index (χ0v) is 16.3. The molecule has 0 saturated carbocycles. The van der Waals surface area contributed by atoms with Crippen molar-refractivity contribution < 1.29 is 14.4 Å². The number of hydrogen-bond acceptors (Lipinski definition) is 4. The fourth-order valence-corrected chi connectivity index (χ4v) is 4.15. The van der Waals surface area contributed by atoms with Crippen LogP contribution in [0.5, 0.6) is 0 Å². The molecule has 0 bridgehead atoms. The highest BCUT2D eigenvalue weighted by Gasteiger charge is 2.43. The summed E-state index contributed by atoms with van der Waals surface area (Å²) in [5.74, 6) is -0.303. The molecule has 2 aromatic carbocycles. The predicted octanol–water partition coefficient (Wildman–Crippen LogP) is 2.35. The molecule has 2 aliphatic heterocycles. The van der Waals surface area contributed by atoms with E-state index in [0.717, 1.165) is 5.56 Å². The molecule has 2 aromatic rings. The average molecular weight is 391 g/mol. The van der Waals surface area contributed by atoms with Gasteiger partial charge in [0.15, 0.2) is 0 Å². The topological polar surface area (TPSA) is 69.7 Å². The Morgan fingerprint density at radius 1 is 0.931 bits per heavy atom. The summed E-state index contributed by atoms with van der Waals surface area (Å²) in [5, 5.41) is 3.01. The third kappa shape index (κ3) is 4.22. The van der Waals surface area contributed by atoms with Gasteiger partial charge in [-0.1, -0.05) is 48.5 Å². The first-order chi connectivity index (χ1) is 14.1. The quantitative estimate of drug-likeness (QED) is 0.795. The average Bonchev–Trinajstić information content (AvgIpc) is 3.07. The Kier molecular flexibility index (Phi) is 5.71. The van der Waals surface area contributed by atoms with Crippen molar-refractivity contribution in [2.75, 3.05) is 18.0 Å². The lowest BCUT2D eigenvalue weighted by atomic mass is 9.94. The molecule has 4 rings (SSSR count). The number of piperidine rings is 1.